The highest BCUT2D eigenvalue weighted by Gasteiger charge is 2.33. The zero-order chi connectivity index (χ0) is 23.5. The molecule has 1 amide bonds. The van der Waals surface area contributed by atoms with Gasteiger partial charge in [-0.1, -0.05) is 35.2 Å². The predicted molar refractivity (Wildman–Crippen MR) is 130 cm³/mol. The van der Waals surface area contributed by atoms with Gasteiger partial charge in [0.05, 0.1) is 22.4 Å². The van der Waals surface area contributed by atoms with Crippen LogP contribution in [0.2, 0.25) is 0 Å². The molecule has 2 N–H and O–H groups in total. The molecule has 1 aliphatic heterocycles. The molecule has 1 atom stereocenters. The van der Waals surface area contributed by atoms with Gasteiger partial charge < -0.3 is 10.6 Å². The molecule has 1 aliphatic rings. The number of nitro groups is 1. The lowest BCUT2D eigenvalue weighted by molar-refractivity contribution is -0.384. The smallest absolute Gasteiger partial charge is 0.269 e. The number of nitrogens with two attached hydrogens (primary N) is 1. The van der Waals surface area contributed by atoms with Crippen molar-refractivity contribution in [2.75, 3.05) is 30.5 Å². The van der Waals surface area contributed by atoms with E-state index >= 15 is 0 Å². The van der Waals surface area contributed by atoms with Crippen LogP contribution >= 0.6 is 23.1 Å². The second-order valence-corrected chi connectivity index (χ2v) is 9.72. The molecule has 10 nitrogen and oxygen atoms in total. The number of nitro benzene ring substituents is 1. The Morgan fingerprint density at radius 1 is 1.21 bits per heavy atom. The highest BCUT2D eigenvalue weighted by molar-refractivity contribution is 8.01. The lowest BCUT2D eigenvalue weighted by Crippen LogP contribution is -2.28. The van der Waals surface area contributed by atoms with Crippen molar-refractivity contribution in [3.05, 3.63) is 69.8 Å². The topological polar surface area (TPSA) is 131 Å². The Morgan fingerprint density at radius 2 is 1.91 bits per heavy atom. The van der Waals surface area contributed by atoms with Crippen LogP contribution in [0.3, 0.4) is 0 Å². The van der Waals surface area contributed by atoms with E-state index in [2.05, 4.69) is 15.3 Å². The van der Waals surface area contributed by atoms with Gasteiger partial charge >= 0.3 is 0 Å². The zero-order valence-electron chi connectivity index (χ0n) is 17.9. The normalized spacial score (nSPS) is 15.4. The van der Waals surface area contributed by atoms with Gasteiger partial charge in [-0.15, -0.1) is 10.2 Å². The third-order valence-corrected chi connectivity index (χ3v) is 6.98. The molecule has 170 valence electrons. The van der Waals surface area contributed by atoms with Crippen molar-refractivity contribution in [2.24, 2.45) is 5.10 Å². The van der Waals surface area contributed by atoms with Crippen LogP contribution in [0.5, 0.6) is 0 Å². The van der Waals surface area contributed by atoms with E-state index in [4.69, 9.17) is 5.73 Å². The Balaban J connectivity index is 1.59. The first-order chi connectivity index (χ1) is 15.8. The number of amides is 1. The number of benzene rings is 2. The molecule has 2 aromatic carbocycles. The summed E-state index contributed by atoms with van der Waals surface area (Å²) in [6.45, 7) is 0. The van der Waals surface area contributed by atoms with Gasteiger partial charge in [0.25, 0.3) is 11.6 Å². The molecule has 1 aromatic heterocycles. The Morgan fingerprint density at radius 3 is 2.48 bits per heavy atom. The summed E-state index contributed by atoms with van der Waals surface area (Å²) in [6.07, 6.45) is 0.501. The fraction of sp³-hybridized carbons (Fsp3) is 0.238. The lowest BCUT2D eigenvalue weighted by Gasteiger charge is -2.22. The second-order valence-electron chi connectivity index (χ2n) is 7.49. The molecule has 33 heavy (non-hydrogen) atoms. The van der Waals surface area contributed by atoms with Crippen molar-refractivity contribution in [1.82, 2.24) is 15.2 Å². The molecular formula is C21H21N7O3S2. The number of hydrogen-bond donors (Lipinski definition) is 1. The summed E-state index contributed by atoms with van der Waals surface area (Å²) in [6, 6.07) is 13.9. The van der Waals surface area contributed by atoms with E-state index in [1.165, 1.54) is 40.2 Å². The third-order valence-electron chi connectivity index (χ3n) is 5.11. The van der Waals surface area contributed by atoms with Crippen LogP contribution in [0.1, 0.15) is 23.6 Å². The van der Waals surface area contributed by atoms with E-state index in [1.54, 1.807) is 12.1 Å². The average molecular weight is 484 g/mol. The predicted octanol–water partition coefficient (Wildman–Crippen LogP) is 3.56. The van der Waals surface area contributed by atoms with Crippen LogP contribution < -0.4 is 10.6 Å². The summed E-state index contributed by atoms with van der Waals surface area (Å²) in [5.41, 5.74) is 9.08. The highest BCUT2D eigenvalue weighted by atomic mass is 32.2. The maximum Gasteiger partial charge on any atom is 0.269 e. The molecule has 1 unspecified atom stereocenters. The maximum atomic E-state index is 13.1. The van der Waals surface area contributed by atoms with Crippen molar-refractivity contribution < 1.29 is 9.72 Å². The molecule has 3 aromatic rings. The quantitative estimate of drug-likeness (QED) is 0.307. The Bertz CT molecular complexity index is 1190. The molecule has 2 heterocycles. The number of rotatable bonds is 7. The van der Waals surface area contributed by atoms with Crippen LogP contribution in [0, 0.1) is 10.1 Å². The number of nitrogen functional groups attached to an aromatic ring is 1. The number of thioether (sulfide) groups is 1. The second kappa shape index (κ2) is 9.55. The van der Waals surface area contributed by atoms with E-state index in [-0.39, 0.29) is 23.4 Å². The van der Waals surface area contributed by atoms with Gasteiger partial charge in [-0.25, -0.2) is 5.01 Å². The van der Waals surface area contributed by atoms with Crippen molar-refractivity contribution in [2.45, 2.75) is 16.8 Å². The Labute approximate surface area is 198 Å². The number of carbonyl (C=O) groups excluding carboxylic acids is 1. The third kappa shape index (κ3) is 5.12. The largest absolute Gasteiger partial charge is 0.378 e. The van der Waals surface area contributed by atoms with Crippen LogP contribution in [-0.4, -0.2) is 51.6 Å². The number of aromatic nitrogens is 2. The summed E-state index contributed by atoms with van der Waals surface area (Å²) in [7, 11) is 3.93. The highest BCUT2D eigenvalue weighted by Crippen LogP contribution is 2.35. The lowest BCUT2D eigenvalue weighted by atomic mass is 9.98. The first kappa shape index (κ1) is 22.7. The minimum Gasteiger partial charge on any atom is -0.378 e. The summed E-state index contributed by atoms with van der Waals surface area (Å²) in [5, 5.41) is 25.2. The first-order valence-electron chi connectivity index (χ1n) is 9.95. The standard InChI is InChI=1S/C21H21N7O3S2/c1-26(2)15-7-5-14(6-8-15)18-11-17(13-3-9-16(10-4-13)28(30)31)25-27(18)19(29)12-32-21-24-23-20(22)33-21/h3-10,18H,11-12H2,1-2H3,(H2,22,23). The van der Waals surface area contributed by atoms with Gasteiger partial charge in [0.2, 0.25) is 5.13 Å². The number of hydrogen-bond acceptors (Lipinski definition) is 10. The van der Waals surface area contributed by atoms with Crippen molar-refractivity contribution in [3.8, 4) is 0 Å². The molecule has 0 saturated heterocycles. The zero-order valence-corrected chi connectivity index (χ0v) is 19.5. The van der Waals surface area contributed by atoms with Gasteiger partial charge in [0.15, 0.2) is 4.34 Å². The monoisotopic (exact) mass is 483 g/mol. The molecule has 0 bridgehead atoms. The summed E-state index contributed by atoms with van der Waals surface area (Å²) >= 11 is 2.49. The maximum absolute atomic E-state index is 13.1. The summed E-state index contributed by atoms with van der Waals surface area (Å²) in [4.78, 5) is 25.7. The SMILES string of the molecule is CN(C)c1ccc(C2CC(c3ccc([N+](=O)[O-])cc3)=NN2C(=O)CSc2nnc(N)s2)cc1. The van der Waals surface area contributed by atoms with E-state index in [0.717, 1.165) is 16.8 Å². The number of hydrazone groups is 1. The van der Waals surface area contributed by atoms with E-state index < -0.39 is 4.92 Å². The molecule has 0 fully saturated rings. The minimum absolute atomic E-state index is 0.00818. The van der Waals surface area contributed by atoms with Gasteiger partial charge in [-0.05, 0) is 35.4 Å². The molecule has 0 aliphatic carbocycles. The van der Waals surface area contributed by atoms with E-state index in [1.807, 2.05) is 43.3 Å². The van der Waals surface area contributed by atoms with Crippen molar-refractivity contribution in [1.29, 1.82) is 0 Å². The minimum atomic E-state index is -0.442. The van der Waals surface area contributed by atoms with Gasteiger partial charge in [0.1, 0.15) is 0 Å². The molecule has 0 spiro atoms. The first-order valence-corrected chi connectivity index (χ1v) is 11.8. The van der Waals surface area contributed by atoms with Gasteiger partial charge in [-0.2, -0.15) is 5.10 Å². The van der Waals surface area contributed by atoms with Crippen LogP contribution in [-0.2, 0) is 4.79 Å². The Kier molecular flexibility index (Phi) is 6.56. The summed E-state index contributed by atoms with van der Waals surface area (Å²) < 4.78 is 0.617. The van der Waals surface area contributed by atoms with E-state index in [9.17, 15) is 14.9 Å². The van der Waals surface area contributed by atoms with Gasteiger partial charge in [-0.3, -0.25) is 14.9 Å². The number of non-ortho nitro benzene ring substituents is 1. The molecule has 0 saturated carbocycles. The molecular weight excluding hydrogens is 462 g/mol. The van der Waals surface area contributed by atoms with Crippen LogP contribution in [0.25, 0.3) is 0 Å². The molecule has 4 rings (SSSR count). The van der Waals surface area contributed by atoms with Crippen LogP contribution in [0.4, 0.5) is 16.5 Å². The fourth-order valence-corrected chi connectivity index (χ4v) is 4.90. The van der Waals surface area contributed by atoms with Crippen molar-refractivity contribution in [3.63, 3.8) is 0 Å². The van der Waals surface area contributed by atoms with Gasteiger partial charge in [0, 0.05) is 38.3 Å². The average Bonchev–Trinajstić information content (AvgIpc) is 3.44. The number of carbonyl (C=O) groups is 1. The van der Waals surface area contributed by atoms with Crippen LogP contribution in [0.15, 0.2) is 58.0 Å². The van der Waals surface area contributed by atoms with E-state index in [0.29, 0.717) is 21.6 Å². The summed E-state index contributed by atoms with van der Waals surface area (Å²) in [5.74, 6) is -0.0369. The molecule has 0 radical (unpaired) electrons. The molecule has 12 heteroatoms. The number of nitrogens with zero attached hydrogens (tertiary/aromatic N) is 6. The van der Waals surface area contributed by atoms with Crippen molar-refractivity contribution >= 4 is 51.2 Å². The Hall–Kier alpha value is -3.51. The number of anilines is 2. The fourth-order valence-electron chi connectivity index (χ4n) is 3.41.